The van der Waals surface area contributed by atoms with Gasteiger partial charge in [-0.05, 0) is 55.0 Å². The van der Waals surface area contributed by atoms with Gasteiger partial charge in [0.1, 0.15) is 10.5 Å². The van der Waals surface area contributed by atoms with E-state index in [4.69, 9.17) is 10.5 Å². The van der Waals surface area contributed by atoms with Crippen molar-refractivity contribution in [2.45, 2.75) is 37.8 Å². The number of nitrogens with zero attached hydrogens (tertiary/aromatic N) is 1. The molecule has 29 heavy (non-hydrogen) atoms. The Morgan fingerprint density at radius 2 is 1.83 bits per heavy atom. The minimum Gasteiger partial charge on any atom is -0.477 e. The summed E-state index contributed by atoms with van der Waals surface area (Å²) in [6.45, 7) is 4.23. The average Bonchev–Trinajstić information content (AvgIpc) is 3.12. The summed E-state index contributed by atoms with van der Waals surface area (Å²) in [6, 6.07) is 10.6. The molecule has 1 saturated heterocycles. The van der Waals surface area contributed by atoms with Gasteiger partial charge in [0, 0.05) is 24.5 Å². The highest BCUT2D eigenvalue weighted by atomic mass is 35.5. The number of benzene rings is 1. The Bertz CT molecular complexity index is 818. The molecule has 5 nitrogen and oxygen atoms in total. The Kier molecular flexibility index (Phi) is 8.52. The summed E-state index contributed by atoms with van der Waals surface area (Å²) in [6.07, 6.45) is 3.58. The topological polar surface area (TPSA) is 75.8 Å². The number of likely N-dealkylation sites (tertiary alicyclic amines) is 1. The molecule has 0 radical (unpaired) electrons. The lowest BCUT2D eigenvalue weighted by atomic mass is 9.85. The van der Waals surface area contributed by atoms with Gasteiger partial charge in [0.2, 0.25) is 0 Å². The van der Waals surface area contributed by atoms with Crippen LogP contribution in [0.25, 0.3) is 0 Å². The van der Waals surface area contributed by atoms with Crippen molar-refractivity contribution in [3.63, 3.8) is 0 Å². The van der Waals surface area contributed by atoms with Crippen LogP contribution < -0.4 is 5.73 Å². The first-order valence-electron chi connectivity index (χ1n) is 9.60. The van der Waals surface area contributed by atoms with Gasteiger partial charge in [-0.15, -0.1) is 36.2 Å². The third kappa shape index (κ3) is 5.13. The summed E-state index contributed by atoms with van der Waals surface area (Å²) >= 11 is 1.41. The molecule has 0 unspecified atom stereocenters. The minimum atomic E-state index is -0.833. The van der Waals surface area contributed by atoms with Gasteiger partial charge in [-0.3, -0.25) is 4.90 Å². The zero-order chi connectivity index (χ0) is 18.9. The number of piperidine rings is 1. The summed E-state index contributed by atoms with van der Waals surface area (Å²) in [5.74, 6) is -0.833. The van der Waals surface area contributed by atoms with Crippen molar-refractivity contribution in [3.05, 3.63) is 56.8 Å². The van der Waals surface area contributed by atoms with Crippen LogP contribution in [0.3, 0.4) is 0 Å². The molecule has 8 heteroatoms. The van der Waals surface area contributed by atoms with Crippen LogP contribution in [0.2, 0.25) is 0 Å². The number of ether oxygens (including phenoxy) is 1. The van der Waals surface area contributed by atoms with Crippen molar-refractivity contribution in [1.82, 2.24) is 4.90 Å². The number of carboxylic acids is 1. The van der Waals surface area contributed by atoms with Crippen LogP contribution in [0.5, 0.6) is 0 Å². The molecule has 1 fully saturated rings. The summed E-state index contributed by atoms with van der Waals surface area (Å²) in [4.78, 5) is 15.4. The monoisotopic (exact) mass is 458 g/mol. The number of hydrogen-bond donors (Lipinski definition) is 2. The van der Waals surface area contributed by atoms with Gasteiger partial charge in [0.25, 0.3) is 0 Å². The first kappa shape index (κ1) is 24.1. The zero-order valence-electron chi connectivity index (χ0n) is 16.3. The van der Waals surface area contributed by atoms with Crippen LogP contribution in [-0.2, 0) is 29.7 Å². The summed E-state index contributed by atoms with van der Waals surface area (Å²) in [5.41, 5.74) is 9.11. The van der Waals surface area contributed by atoms with Crippen LogP contribution in [0.4, 0.5) is 0 Å². The second kappa shape index (κ2) is 10.2. The lowest BCUT2D eigenvalue weighted by Crippen LogP contribution is -2.45. The largest absolute Gasteiger partial charge is 0.477 e. The molecule has 0 atom stereocenters. The van der Waals surface area contributed by atoms with Crippen LogP contribution >= 0.6 is 36.2 Å². The van der Waals surface area contributed by atoms with E-state index in [1.54, 1.807) is 0 Å². The third-order valence-corrected chi connectivity index (χ3v) is 7.06. The van der Waals surface area contributed by atoms with Crippen molar-refractivity contribution in [1.29, 1.82) is 0 Å². The lowest BCUT2D eigenvalue weighted by Gasteiger charge is -2.43. The Morgan fingerprint density at radius 3 is 2.45 bits per heavy atom. The van der Waals surface area contributed by atoms with Gasteiger partial charge in [0.15, 0.2) is 0 Å². The fraction of sp³-hybridized carbons (Fsp3) is 0.476. The highest BCUT2D eigenvalue weighted by Crippen LogP contribution is 2.45. The molecule has 3 heterocycles. The van der Waals surface area contributed by atoms with E-state index in [2.05, 4.69) is 29.2 Å². The molecule has 0 bridgehead atoms. The van der Waals surface area contributed by atoms with Crippen LogP contribution in [0.1, 0.15) is 44.1 Å². The van der Waals surface area contributed by atoms with Crippen LogP contribution in [0.15, 0.2) is 30.3 Å². The molecule has 1 aromatic heterocycles. The highest BCUT2D eigenvalue weighted by molar-refractivity contribution is 7.14. The predicted octanol–water partition coefficient (Wildman–Crippen LogP) is 3.86. The fourth-order valence-corrected chi connectivity index (χ4v) is 5.46. The highest BCUT2D eigenvalue weighted by Gasteiger charge is 2.42. The van der Waals surface area contributed by atoms with Crippen molar-refractivity contribution in [2.24, 2.45) is 5.73 Å². The fourth-order valence-electron chi connectivity index (χ4n) is 4.21. The van der Waals surface area contributed by atoms with Crippen molar-refractivity contribution in [2.75, 3.05) is 26.2 Å². The van der Waals surface area contributed by atoms with E-state index in [-0.39, 0.29) is 30.4 Å². The molecule has 2 aliphatic rings. The zero-order valence-corrected chi connectivity index (χ0v) is 18.7. The second-order valence-electron chi connectivity index (χ2n) is 7.49. The van der Waals surface area contributed by atoms with Crippen molar-refractivity contribution in [3.8, 4) is 0 Å². The summed E-state index contributed by atoms with van der Waals surface area (Å²) in [5, 5.41) is 9.33. The number of thiophene rings is 1. The third-order valence-electron chi connectivity index (χ3n) is 5.71. The number of nitrogens with two attached hydrogens (primary N) is 1. The van der Waals surface area contributed by atoms with Gasteiger partial charge in [-0.1, -0.05) is 24.3 Å². The Hall–Kier alpha value is -1.15. The number of hydrogen-bond acceptors (Lipinski definition) is 5. The predicted molar refractivity (Wildman–Crippen MR) is 121 cm³/mol. The first-order chi connectivity index (χ1) is 13.1. The second-order valence-corrected chi connectivity index (χ2v) is 8.55. The van der Waals surface area contributed by atoms with Gasteiger partial charge in [0.05, 0.1) is 6.61 Å². The van der Waals surface area contributed by atoms with E-state index in [1.165, 1.54) is 28.0 Å². The first-order valence-corrected chi connectivity index (χ1v) is 10.4. The SMILES string of the molecule is Cl.Cl.NCCc1ccc(CN2CCC3(CC2)OCCc2cc(C(=O)O)sc23)cc1. The van der Waals surface area contributed by atoms with E-state index in [0.717, 1.165) is 50.2 Å². The summed E-state index contributed by atoms with van der Waals surface area (Å²) < 4.78 is 6.25. The number of carboxylic acid groups (broad SMARTS) is 1. The Morgan fingerprint density at radius 1 is 1.17 bits per heavy atom. The van der Waals surface area contributed by atoms with E-state index in [1.807, 2.05) is 6.07 Å². The molecule has 3 N–H and O–H groups in total. The normalized spacial score (nSPS) is 17.8. The maximum atomic E-state index is 11.4. The quantitative estimate of drug-likeness (QED) is 0.711. The lowest BCUT2D eigenvalue weighted by molar-refractivity contribution is -0.0960. The number of carbonyl (C=O) groups is 1. The van der Waals surface area contributed by atoms with Crippen LogP contribution in [0, 0.1) is 0 Å². The molecule has 0 amide bonds. The smallest absolute Gasteiger partial charge is 0.345 e. The molecule has 160 valence electrons. The molecule has 2 aromatic rings. The maximum Gasteiger partial charge on any atom is 0.345 e. The standard InChI is InChI=1S/C21H26N2O3S.2ClH/c22-9-5-15-1-3-16(4-2-15)14-23-10-7-21(8-11-23)19-17(6-12-26-21)13-18(27-19)20(24)25;;/h1-4,13H,5-12,14,22H2,(H,24,25);2*1H. The van der Waals surface area contributed by atoms with Gasteiger partial charge >= 0.3 is 5.97 Å². The number of aromatic carboxylic acids is 1. The number of fused-ring (bicyclic) bond motifs is 2. The van der Waals surface area contributed by atoms with Crippen molar-refractivity contribution >= 4 is 42.1 Å². The maximum absolute atomic E-state index is 11.4. The van der Waals surface area contributed by atoms with E-state index >= 15 is 0 Å². The van der Waals surface area contributed by atoms with Gasteiger partial charge < -0.3 is 15.6 Å². The molecule has 0 saturated carbocycles. The molecular weight excluding hydrogens is 431 g/mol. The van der Waals surface area contributed by atoms with Gasteiger partial charge in [-0.25, -0.2) is 4.79 Å². The van der Waals surface area contributed by atoms with E-state index < -0.39 is 5.97 Å². The Balaban J connectivity index is 0.00000150. The molecule has 1 spiro atoms. The number of halogens is 2. The molecule has 2 aliphatic heterocycles. The number of rotatable bonds is 5. The molecule has 1 aromatic carbocycles. The molecule has 0 aliphatic carbocycles. The molecular formula is C21H28Cl2N2O3S. The summed E-state index contributed by atoms with van der Waals surface area (Å²) in [7, 11) is 0. The van der Waals surface area contributed by atoms with E-state index in [0.29, 0.717) is 18.0 Å². The minimum absolute atomic E-state index is 0. The Labute approximate surface area is 188 Å². The van der Waals surface area contributed by atoms with Gasteiger partial charge in [-0.2, -0.15) is 0 Å². The molecule has 4 rings (SSSR count). The van der Waals surface area contributed by atoms with Crippen LogP contribution in [-0.4, -0.2) is 42.2 Å². The van der Waals surface area contributed by atoms with Crippen molar-refractivity contribution < 1.29 is 14.6 Å². The average molecular weight is 459 g/mol. The van der Waals surface area contributed by atoms with E-state index in [9.17, 15) is 9.90 Å².